The van der Waals surface area contributed by atoms with Gasteiger partial charge in [0.1, 0.15) is 0 Å². The fourth-order valence-corrected chi connectivity index (χ4v) is 2.62. The van der Waals surface area contributed by atoms with Crippen LogP contribution in [0.2, 0.25) is 0 Å². The van der Waals surface area contributed by atoms with Crippen molar-refractivity contribution in [2.24, 2.45) is 0 Å². The topological polar surface area (TPSA) is 51.0 Å². The van der Waals surface area contributed by atoms with E-state index < -0.39 is 0 Å². The molecule has 1 aromatic heterocycles. The summed E-state index contributed by atoms with van der Waals surface area (Å²) in [6.07, 6.45) is 2.94. The van der Waals surface area contributed by atoms with Crippen molar-refractivity contribution in [1.29, 1.82) is 0 Å². The number of nitrogens with one attached hydrogen (secondary N) is 1. The van der Waals surface area contributed by atoms with Crippen LogP contribution in [0.3, 0.4) is 0 Å². The Morgan fingerprint density at radius 3 is 3.06 bits per heavy atom. The summed E-state index contributed by atoms with van der Waals surface area (Å²) < 4.78 is 6.39. The minimum atomic E-state index is 0.265. The minimum Gasteiger partial charge on any atom is -0.339 e. The molecular weight excluding hydrogens is 294 g/mol. The molecule has 2 aromatic rings. The zero-order chi connectivity index (χ0) is 12.4. The number of halogens is 1. The lowest BCUT2D eigenvalue weighted by molar-refractivity contribution is 0.373. The molecule has 4 nitrogen and oxygen atoms in total. The van der Waals surface area contributed by atoms with Crippen LogP contribution in [0.1, 0.15) is 36.2 Å². The molecule has 1 unspecified atom stereocenters. The number of aromatic nitrogens is 2. The van der Waals surface area contributed by atoms with E-state index in [1.54, 1.807) is 0 Å². The number of hydrogen-bond donors (Lipinski definition) is 1. The Bertz CT molecular complexity index is 535. The summed E-state index contributed by atoms with van der Waals surface area (Å²) >= 11 is 3.52. The fourth-order valence-electron chi connectivity index (χ4n) is 2.19. The van der Waals surface area contributed by atoms with E-state index in [0.717, 1.165) is 28.8 Å². The monoisotopic (exact) mass is 307 g/mol. The molecule has 0 aliphatic carbocycles. The van der Waals surface area contributed by atoms with Crippen molar-refractivity contribution in [3.05, 3.63) is 46.0 Å². The van der Waals surface area contributed by atoms with Crippen LogP contribution < -0.4 is 5.32 Å². The van der Waals surface area contributed by atoms with Gasteiger partial charge in [0.2, 0.25) is 5.89 Å². The number of rotatable bonds is 3. The second kappa shape index (κ2) is 5.20. The fraction of sp³-hybridized carbons (Fsp3) is 0.385. The van der Waals surface area contributed by atoms with Gasteiger partial charge in [-0.05, 0) is 31.0 Å². The van der Waals surface area contributed by atoms with Crippen molar-refractivity contribution < 1.29 is 4.52 Å². The van der Waals surface area contributed by atoms with Gasteiger partial charge in [0.15, 0.2) is 5.82 Å². The largest absolute Gasteiger partial charge is 0.339 e. The summed E-state index contributed by atoms with van der Waals surface area (Å²) in [5, 5.41) is 7.43. The molecule has 1 fully saturated rings. The highest BCUT2D eigenvalue weighted by Crippen LogP contribution is 2.22. The molecule has 5 heteroatoms. The molecule has 1 aliphatic heterocycles. The molecular formula is C13H14BrN3O. The highest BCUT2D eigenvalue weighted by atomic mass is 79.9. The molecule has 3 rings (SSSR count). The first-order chi connectivity index (χ1) is 8.83. The van der Waals surface area contributed by atoms with E-state index in [0.29, 0.717) is 12.3 Å². The van der Waals surface area contributed by atoms with E-state index in [4.69, 9.17) is 4.52 Å². The van der Waals surface area contributed by atoms with Gasteiger partial charge in [-0.3, -0.25) is 0 Å². The third-order valence-corrected chi connectivity index (χ3v) is 3.93. The van der Waals surface area contributed by atoms with Gasteiger partial charge in [-0.25, -0.2) is 0 Å². The van der Waals surface area contributed by atoms with Crippen LogP contribution in [-0.4, -0.2) is 16.7 Å². The van der Waals surface area contributed by atoms with Crippen LogP contribution in [0.15, 0.2) is 33.3 Å². The summed E-state index contributed by atoms with van der Waals surface area (Å²) in [4.78, 5) is 4.47. The molecule has 1 saturated heterocycles. The second-order valence-electron chi connectivity index (χ2n) is 4.46. The number of hydrogen-bond acceptors (Lipinski definition) is 4. The molecule has 0 bridgehead atoms. The van der Waals surface area contributed by atoms with Gasteiger partial charge in [-0.15, -0.1) is 0 Å². The first-order valence-corrected chi connectivity index (χ1v) is 6.91. The summed E-state index contributed by atoms with van der Waals surface area (Å²) in [6, 6.07) is 8.35. The number of benzene rings is 1. The van der Waals surface area contributed by atoms with Gasteiger partial charge in [-0.1, -0.05) is 39.3 Å². The first kappa shape index (κ1) is 11.9. The van der Waals surface area contributed by atoms with Crippen molar-refractivity contribution in [2.75, 3.05) is 6.54 Å². The molecule has 18 heavy (non-hydrogen) atoms. The third-order valence-electron chi connectivity index (χ3n) is 3.16. The maximum absolute atomic E-state index is 5.31. The predicted octanol–water partition coefficient (Wildman–Crippen LogP) is 2.85. The Kier molecular flexibility index (Phi) is 3.43. The van der Waals surface area contributed by atoms with Crippen LogP contribution >= 0.6 is 15.9 Å². The predicted molar refractivity (Wildman–Crippen MR) is 71.2 cm³/mol. The van der Waals surface area contributed by atoms with Gasteiger partial charge < -0.3 is 9.84 Å². The van der Waals surface area contributed by atoms with Gasteiger partial charge in [0.05, 0.1) is 12.5 Å². The third kappa shape index (κ3) is 2.47. The maximum Gasteiger partial charge on any atom is 0.231 e. The molecule has 1 aromatic carbocycles. The SMILES string of the molecule is Brc1ccccc1Cc1nc(C2CCCN2)no1. The van der Waals surface area contributed by atoms with Gasteiger partial charge in [0.25, 0.3) is 0 Å². The lowest BCUT2D eigenvalue weighted by Crippen LogP contribution is -2.14. The van der Waals surface area contributed by atoms with Gasteiger partial charge in [-0.2, -0.15) is 4.98 Å². The molecule has 0 saturated carbocycles. The highest BCUT2D eigenvalue weighted by molar-refractivity contribution is 9.10. The van der Waals surface area contributed by atoms with Crippen LogP contribution in [0.5, 0.6) is 0 Å². The molecule has 0 spiro atoms. The van der Waals surface area contributed by atoms with E-state index >= 15 is 0 Å². The quantitative estimate of drug-likeness (QED) is 0.947. The van der Waals surface area contributed by atoms with E-state index in [1.807, 2.05) is 18.2 Å². The molecule has 1 aliphatic rings. The average Bonchev–Trinajstić information content (AvgIpc) is 3.02. The Morgan fingerprint density at radius 2 is 2.28 bits per heavy atom. The molecule has 2 heterocycles. The molecule has 0 radical (unpaired) electrons. The maximum atomic E-state index is 5.31. The van der Waals surface area contributed by atoms with Crippen LogP contribution in [0, 0.1) is 0 Å². The zero-order valence-corrected chi connectivity index (χ0v) is 11.5. The Labute approximate surface area is 114 Å². The standard InChI is InChI=1S/C13H14BrN3O/c14-10-5-2-1-4-9(10)8-12-16-13(17-18-12)11-6-3-7-15-11/h1-2,4-5,11,15H,3,6-8H2. The van der Waals surface area contributed by atoms with E-state index in [9.17, 15) is 0 Å². The average molecular weight is 308 g/mol. The van der Waals surface area contributed by atoms with E-state index in [-0.39, 0.29) is 6.04 Å². The molecule has 0 amide bonds. The summed E-state index contributed by atoms with van der Waals surface area (Å²) in [6.45, 7) is 1.04. The first-order valence-electron chi connectivity index (χ1n) is 6.12. The smallest absolute Gasteiger partial charge is 0.231 e. The zero-order valence-electron chi connectivity index (χ0n) is 9.90. The van der Waals surface area contributed by atoms with Gasteiger partial charge >= 0.3 is 0 Å². The Hall–Kier alpha value is -1.20. The minimum absolute atomic E-state index is 0.265. The van der Waals surface area contributed by atoms with E-state index in [2.05, 4.69) is 37.5 Å². The molecule has 94 valence electrons. The van der Waals surface area contributed by atoms with Crippen LogP contribution in [0.25, 0.3) is 0 Å². The van der Waals surface area contributed by atoms with Crippen LogP contribution in [0.4, 0.5) is 0 Å². The normalized spacial score (nSPS) is 19.3. The lowest BCUT2D eigenvalue weighted by atomic mass is 10.1. The highest BCUT2D eigenvalue weighted by Gasteiger charge is 2.21. The Morgan fingerprint density at radius 1 is 1.39 bits per heavy atom. The van der Waals surface area contributed by atoms with E-state index in [1.165, 1.54) is 6.42 Å². The van der Waals surface area contributed by atoms with Crippen molar-refractivity contribution in [3.63, 3.8) is 0 Å². The lowest BCUT2D eigenvalue weighted by Gasteiger charge is -2.02. The number of nitrogens with zero attached hydrogens (tertiary/aromatic N) is 2. The summed E-state index contributed by atoms with van der Waals surface area (Å²) in [5.74, 6) is 1.46. The summed E-state index contributed by atoms with van der Waals surface area (Å²) in [5.41, 5.74) is 1.16. The van der Waals surface area contributed by atoms with Crippen molar-refractivity contribution in [1.82, 2.24) is 15.5 Å². The van der Waals surface area contributed by atoms with Crippen LogP contribution in [-0.2, 0) is 6.42 Å². The van der Waals surface area contributed by atoms with Crippen molar-refractivity contribution in [2.45, 2.75) is 25.3 Å². The summed E-state index contributed by atoms with van der Waals surface area (Å²) in [7, 11) is 0. The molecule has 1 atom stereocenters. The second-order valence-corrected chi connectivity index (χ2v) is 5.32. The Balaban J connectivity index is 1.75. The van der Waals surface area contributed by atoms with Crippen molar-refractivity contribution in [3.8, 4) is 0 Å². The van der Waals surface area contributed by atoms with Gasteiger partial charge in [0, 0.05) is 4.47 Å². The van der Waals surface area contributed by atoms with Crippen molar-refractivity contribution >= 4 is 15.9 Å². The molecule has 1 N–H and O–H groups in total.